The van der Waals surface area contributed by atoms with Gasteiger partial charge in [-0.25, -0.2) is 17.9 Å². The summed E-state index contributed by atoms with van der Waals surface area (Å²) in [6, 6.07) is 0.282. The standard InChI is InChI=1S/C12H17N3O5S/c1-13-21(19,20)8-5-9(15(2)6-8)11(16)14-10(12(17)18)7-3-4-7/h5-7,10,13H,3-4H2,1-2H3,(H,14,16)(H,17,18). The predicted octanol–water partition coefficient (Wildman–Crippen LogP) is -0.474. The minimum absolute atomic E-state index is 0.0454. The molecule has 0 spiro atoms. The molecule has 21 heavy (non-hydrogen) atoms. The van der Waals surface area contributed by atoms with Crippen LogP contribution in [-0.4, -0.2) is 43.1 Å². The molecule has 116 valence electrons. The summed E-state index contributed by atoms with van der Waals surface area (Å²) in [6.45, 7) is 0. The van der Waals surface area contributed by atoms with E-state index >= 15 is 0 Å². The number of carbonyl (C=O) groups excluding carboxylic acids is 1. The van der Waals surface area contributed by atoms with Crippen LogP contribution in [-0.2, 0) is 21.9 Å². The van der Waals surface area contributed by atoms with Crippen LogP contribution in [0.3, 0.4) is 0 Å². The van der Waals surface area contributed by atoms with E-state index in [1.54, 1.807) is 0 Å². The van der Waals surface area contributed by atoms with Crippen LogP contribution in [0.4, 0.5) is 0 Å². The summed E-state index contributed by atoms with van der Waals surface area (Å²) in [4.78, 5) is 23.2. The number of hydrogen-bond acceptors (Lipinski definition) is 4. The number of sulfonamides is 1. The number of aromatic nitrogens is 1. The largest absolute Gasteiger partial charge is 0.480 e. The number of carboxylic acid groups (broad SMARTS) is 1. The van der Waals surface area contributed by atoms with Gasteiger partial charge in [-0.15, -0.1) is 0 Å². The van der Waals surface area contributed by atoms with E-state index in [0.29, 0.717) is 0 Å². The number of rotatable bonds is 6. The summed E-state index contributed by atoms with van der Waals surface area (Å²) in [7, 11) is -0.852. The third-order valence-electron chi connectivity index (χ3n) is 3.44. The third kappa shape index (κ3) is 3.24. The first-order valence-electron chi connectivity index (χ1n) is 6.40. The van der Waals surface area contributed by atoms with Crippen LogP contribution in [0, 0.1) is 5.92 Å². The van der Waals surface area contributed by atoms with Gasteiger partial charge in [0.15, 0.2) is 0 Å². The minimum atomic E-state index is -3.65. The molecule has 0 aliphatic heterocycles. The van der Waals surface area contributed by atoms with Crippen LogP contribution in [0.25, 0.3) is 0 Å². The Labute approximate surface area is 122 Å². The Morgan fingerprint density at radius 3 is 2.52 bits per heavy atom. The topological polar surface area (TPSA) is 118 Å². The summed E-state index contributed by atoms with van der Waals surface area (Å²) < 4.78 is 26.9. The molecule has 1 fully saturated rings. The lowest BCUT2D eigenvalue weighted by molar-refractivity contribution is -0.139. The van der Waals surface area contributed by atoms with Gasteiger partial charge in [0, 0.05) is 13.2 Å². The highest BCUT2D eigenvalue weighted by atomic mass is 32.2. The van der Waals surface area contributed by atoms with E-state index in [0.717, 1.165) is 12.8 Å². The zero-order chi connectivity index (χ0) is 15.8. The van der Waals surface area contributed by atoms with E-state index in [-0.39, 0.29) is 16.5 Å². The van der Waals surface area contributed by atoms with Crippen molar-refractivity contribution in [3.63, 3.8) is 0 Å². The van der Waals surface area contributed by atoms with Crippen molar-refractivity contribution in [3.8, 4) is 0 Å². The molecule has 1 unspecified atom stereocenters. The molecule has 2 rings (SSSR count). The van der Waals surface area contributed by atoms with Crippen molar-refractivity contribution in [2.75, 3.05) is 7.05 Å². The molecule has 0 radical (unpaired) electrons. The average Bonchev–Trinajstić information content (AvgIpc) is 3.17. The maximum absolute atomic E-state index is 12.1. The van der Waals surface area contributed by atoms with Crippen LogP contribution < -0.4 is 10.0 Å². The second-order valence-electron chi connectivity index (χ2n) is 5.01. The van der Waals surface area contributed by atoms with Crippen LogP contribution in [0.2, 0.25) is 0 Å². The molecule has 3 N–H and O–H groups in total. The van der Waals surface area contributed by atoms with Crippen molar-refractivity contribution in [2.45, 2.75) is 23.8 Å². The normalized spacial score (nSPS) is 16.5. The molecule has 1 aromatic rings. The first-order chi connectivity index (χ1) is 9.76. The van der Waals surface area contributed by atoms with Gasteiger partial charge >= 0.3 is 5.97 Å². The monoisotopic (exact) mass is 315 g/mol. The molecule has 0 aromatic carbocycles. The number of hydrogen-bond donors (Lipinski definition) is 3. The van der Waals surface area contributed by atoms with E-state index in [9.17, 15) is 18.0 Å². The Bertz CT molecular complexity index is 675. The number of carbonyl (C=O) groups is 2. The quantitative estimate of drug-likeness (QED) is 0.656. The first kappa shape index (κ1) is 15.5. The molecule has 1 aliphatic carbocycles. The number of aryl methyl sites for hydroxylation is 1. The van der Waals surface area contributed by atoms with E-state index in [1.165, 1.54) is 30.9 Å². The van der Waals surface area contributed by atoms with Crippen molar-refractivity contribution in [2.24, 2.45) is 13.0 Å². The average molecular weight is 315 g/mol. The van der Waals surface area contributed by atoms with Crippen molar-refractivity contribution in [1.29, 1.82) is 0 Å². The maximum Gasteiger partial charge on any atom is 0.326 e. The van der Waals surface area contributed by atoms with E-state index < -0.39 is 27.9 Å². The number of nitrogens with one attached hydrogen (secondary N) is 2. The third-order valence-corrected chi connectivity index (χ3v) is 4.82. The number of nitrogens with zero attached hydrogens (tertiary/aromatic N) is 1. The van der Waals surface area contributed by atoms with E-state index in [2.05, 4.69) is 10.0 Å². The SMILES string of the molecule is CNS(=O)(=O)c1cc(C(=O)NC(C(=O)O)C2CC2)n(C)c1. The predicted molar refractivity (Wildman–Crippen MR) is 73.3 cm³/mol. The van der Waals surface area contributed by atoms with Gasteiger partial charge in [-0.2, -0.15) is 0 Å². The summed E-state index contributed by atoms with van der Waals surface area (Å²) in [5.41, 5.74) is 0.0933. The number of carboxylic acids is 1. The van der Waals surface area contributed by atoms with Gasteiger partial charge in [-0.05, 0) is 31.9 Å². The molecule has 1 amide bonds. The second kappa shape index (κ2) is 5.49. The Morgan fingerprint density at radius 1 is 1.43 bits per heavy atom. The second-order valence-corrected chi connectivity index (χ2v) is 6.89. The molecular weight excluding hydrogens is 298 g/mol. The van der Waals surface area contributed by atoms with Crippen molar-refractivity contribution < 1.29 is 23.1 Å². The van der Waals surface area contributed by atoms with E-state index in [4.69, 9.17) is 5.11 Å². The number of amides is 1. The Balaban J connectivity index is 2.21. The molecule has 1 saturated carbocycles. The molecule has 0 saturated heterocycles. The smallest absolute Gasteiger partial charge is 0.326 e. The molecule has 0 bridgehead atoms. The fourth-order valence-electron chi connectivity index (χ4n) is 2.05. The van der Waals surface area contributed by atoms with Gasteiger partial charge in [-0.1, -0.05) is 0 Å². The van der Waals surface area contributed by atoms with Gasteiger partial charge in [0.25, 0.3) is 5.91 Å². The first-order valence-corrected chi connectivity index (χ1v) is 7.88. The molecular formula is C12H17N3O5S. The van der Waals surface area contributed by atoms with Crippen molar-refractivity contribution in [3.05, 3.63) is 18.0 Å². The minimum Gasteiger partial charge on any atom is -0.480 e. The summed E-state index contributed by atoms with van der Waals surface area (Å²) in [5, 5.41) is 11.5. The highest BCUT2D eigenvalue weighted by molar-refractivity contribution is 7.89. The van der Waals surface area contributed by atoms with Gasteiger partial charge in [0.1, 0.15) is 16.6 Å². The molecule has 1 aliphatic rings. The summed E-state index contributed by atoms with van der Waals surface area (Å²) >= 11 is 0. The highest BCUT2D eigenvalue weighted by Crippen LogP contribution is 2.32. The Morgan fingerprint density at radius 2 is 2.05 bits per heavy atom. The lowest BCUT2D eigenvalue weighted by atomic mass is 10.2. The lowest BCUT2D eigenvalue weighted by Crippen LogP contribution is -2.42. The fraction of sp³-hybridized carbons (Fsp3) is 0.500. The fourth-order valence-corrected chi connectivity index (χ4v) is 2.85. The zero-order valence-corrected chi connectivity index (χ0v) is 12.5. The molecule has 1 aromatic heterocycles. The van der Waals surface area contributed by atoms with Crippen molar-refractivity contribution in [1.82, 2.24) is 14.6 Å². The molecule has 1 atom stereocenters. The molecule has 9 heteroatoms. The number of aliphatic carboxylic acids is 1. The van der Waals surface area contributed by atoms with Gasteiger partial charge in [-0.3, -0.25) is 4.79 Å². The van der Waals surface area contributed by atoms with Gasteiger partial charge in [0.2, 0.25) is 10.0 Å². The zero-order valence-electron chi connectivity index (χ0n) is 11.7. The Hall–Kier alpha value is -1.87. The van der Waals surface area contributed by atoms with E-state index in [1.807, 2.05) is 0 Å². The lowest BCUT2D eigenvalue weighted by Gasteiger charge is -2.13. The van der Waals surface area contributed by atoms with Crippen LogP contribution in [0.15, 0.2) is 17.2 Å². The molecule has 8 nitrogen and oxygen atoms in total. The van der Waals surface area contributed by atoms with Gasteiger partial charge in [0.05, 0.1) is 0 Å². The summed E-state index contributed by atoms with van der Waals surface area (Å²) in [6.07, 6.45) is 2.83. The Kier molecular flexibility index (Phi) is 4.06. The van der Waals surface area contributed by atoms with Crippen LogP contribution in [0.5, 0.6) is 0 Å². The van der Waals surface area contributed by atoms with Crippen LogP contribution >= 0.6 is 0 Å². The van der Waals surface area contributed by atoms with Crippen molar-refractivity contribution >= 4 is 21.9 Å². The molecule has 1 heterocycles. The summed E-state index contributed by atoms with van der Waals surface area (Å²) in [5.74, 6) is -1.73. The van der Waals surface area contributed by atoms with Gasteiger partial charge < -0.3 is 15.0 Å². The van der Waals surface area contributed by atoms with Crippen LogP contribution in [0.1, 0.15) is 23.3 Å². The maximum atomic E-state index is 12.1. The highest BCUT2D eigenvalue weighted by Gasteiger charge is 2.37.